The lowest BCUT2D eigenvalue weighted by Gasteiger charge is -2.36. The van der Waals surface area contributed by atoms with Crippen LogP contribution in [0.3, 0.4) is 0 Å². The third-order valence-electron chi connectivity index (χ3n) is 3.47. The zero-order valence-corrected chi connectivity index (χ0v) is 12.3. The molecule has 2 rings (SSSR count). The Morgan fingerprint density at radius 3 is 2.67 bits per heavy atom. The van der Waals surface area contributed by atoms with Crippen LogP contribution < -0.4 is 10.6 Å². The number of nitrogens with zero attached hydrogens (tertiary/aromatic N) is 1. The average Bonchev–Trinajstić information content (AvgIpc) is 2.48. The summed E-state index contributed by atoms with van der Waals surface area (Å²) in [6, 6.07) is 8.48. The molecule has 2 atom stereocenters. The molecule has 0 radical (unpaired) electrons. The fraction of sp³-hybridized carbons (Fsp3) is 0.467. The fourth-order valence-electron chi connectivity index (χ4n) is 2.49. The van der Waals surface area contributed by atoms with Gasteiger partial charge in [0.25, 0.3) is 0 Å². The predicted molar refractivity (Wildman–Crippen MR) is 78.8 cm³/mol. The lowest BCUT2D eigenvalue weighted by atomic mass is 10.0. The summed E-state index contributed by atoms with van der Waals surface area (Å²) in [5.74, 6) is -0.324. The normalized spacial score (nSPS) is 20.6. The summed E-state index contributed by atoms with van der Waals surface area (Å²) in [6.45, 7) is 3.87. The number of rotatable bonds is 3. The second-order valence-electron chi connectivity index (χ2n) is 5.06. The number of ether oxygens (including phenoxy) is 1. The molecule has 1 aliphatic rings. The van der Waals surface area contributed by atoms with Gasteiger partial charge in [0, 0.05) is 20.1 Å². The molecular formula is C15H21N3O3. The van der Waals surface area contributed by atoms with Crippen LogP contribution in [0, 0.1) is 0 Å². The molecule has 1 aromatic rings. The highest BCUT2D eigenvalue weighted by Gasteiger charge is 2.31. The number of benzene rings is 1. The van der Waals surface area contributed by atoms with Crippen molar-refractivity contribution in [3.05, 3.63) is 35.9 Å². The van der Waals surface area contributed by atoms with Crippen LogP contribution in [0.1, 0.15) is 18.5 Å². The first kappa shape index (κ1) is 15.5. The molecule has 21 heavy (non-hydrogen) atoms. The van der Waals surface area contributed by atoms with Crippen LogP contribution in [-0.2, 0) is 9.53 Å². The topological polar surface area (TPSA) is 70.7 Å². The number of carbonyl (C=O) groups excluding carboxylic acids is 2. The van der Waals surface area contributed by atoms with Crippen molar-refractivity contribution in [1.29, 1.82) is 0 Å². The van der Waals surface area contributed by atoms with Crippen molar-refractivity contribution in [2.45, 2.75) is 19.1 Å². The van der Waals surface area contributed by atoms with Crippen molar-refractivity contribution in [2.75, 3.05) is 26.7 Å². The van der Waals surface area contributed by atoms with Crippen molar-refractivity contribution in [2.24, 2.45) is 0 Å². The van der Waals surface area contributed by atoms with Crippen LogP contribution in [0.2, 0.25) is 0 Å². The molecule has 0 unspecified atom stereocenters. The first-order valence-electron chi connectivity index (χ1n) is 7.05. The number of hydrogen-bond acceptors (Lipinski definition) is 4. The van der Waals surface area contributed by atoms with Gasteiger partial charge >= 0.3 is 6.03 Å². The maximum absolute atomic E-state index is 12.5. The highest BCUT2D eigenvalue weighted by atomic mass is 16.5. The summed E-state index contributed by atoms with van der Waals surface area (Å²) in [4.78, 5) is 25.9. The minimum Gasteiger partial charge on any atom is -0.376 e. The van der Waals surface area contributed by atoms with Gasteiger partial charge in [-0.3, -0.25) is 15.0 Å². The first-order chi connectivity index (χ1) is 10.1. The first-order valence-corrected chi connectivity index (χ1v) is 7.05. The largest absolute Gasteiger partial charge is 0.376 e. The number of urea groups is 1. The van der Waals surface area contributed by atoms with Crippen LogP contribution in [0.25, 0.3) is 0 Å². The molecule has 3 amide bonds. The van der Waals surface area contributed by atoms with Crippen molar-refractivity contribution >= 4 is 11.9 Å². The van der Waals surface area contributed by atoms with Crippen LogP contribution >= 0.6 is 0 Å². The number of nitrogens with one attached hydrogen (secondary N) is 2. The molecule has 1 aliphatic heterocycles. The van der Waals surface area contributed by atoms with Crippen molar-refractivity contribution < 1.29 is 14.3 Å². The molecule has 0 spiro atoms. The van der Waals surface area contributed by atoms with Crippen LogP contribution in [0.15, 0.2) is 30.3 Å². The Labute approximate surface area is 124 Å². The Balaban J connectivity index is 2.22. The van der Waals surface area contributed by atoms with E-state index in [-0.39, 0.29) is 12.0 Å². The standard InChI is InChI=1S/C15H21N3O3/c1-11-10-18(8-9-21-11)13(12-6-4-3-5-7-12)14(19)17-15(20)16-2/h3-7,11,13H,8-10H2,1-2H3,(H2,16,17,19,20)/t11-,13-/m1/s1. The molecular weight excluding hydrogens is 270 g/mol. The number of hydrogen-bond donors (Lipinski definition) is 2. The Morgan fingerprint density at radius 1 is 1.33 bits per heavy atom. The summed E-state index contributed by atoms with van der Waals surface area (Å²) < 4.78 is 5.52. The summed E-state index contributed by atoms with van der Waals surface area (Å²) in [6.07, 6.45) is 0.0674. The molecule has 1 saturated heterocycles. The summed E-state index contributed by atoms with van der Waals surface area (Å²) in [5, 5.41) is 4.77. The van der Waals surface area contributed by atoms with Crippen molar-refractivity contribution in [1.82, 2.24) is 15.5 Å². The van der Waals surface area contributed by atoms with E-state index in [2.05, 4.69) is 10.6 Å². The minimum atomic E-state index is -0.498. The zero-order chi connectivity index (χ0) is 15.2. The molecule has 1 aromatic carbocycles. The Hall–Kier alpha value is -1.92. The van der Waals surface area contributed by atoms with Crippen LogP contribution in [0.4, 0.5) is 4.79 Å². The second kappa shape index (κ2) is 7.19. The van der Waals surface area contributed by atoms with E-state index in [1.807, 2.05) is 42.2 Å². The summed E-state index contributed by atoms with van der Waals surface area (Å²) in [7, 11) is 1.48. The van der Waals surface area contributed by atoms with E-state index in [4.69, 9.17) is 4.74 Å². The van der Waals surface area contributed by atoms with Crippen molar-refractivity contribution in [3.8, 4) is 0 Å². The highest BCUT2D eigenvalue weighted by molar-refractivity contribution is 5.97. The monoisotopic (exact) mass is 291 g/mol. The van der Waals surface area contributed by atoms with Gasteiger partial charge in [-0.25, -0.2) is 4.79 Å². The van der Waals surface area contributed by atoms with Gasteiger partial charge in [-0.15, -0.1) is 0 Å². The molecule has 6 heteroatoms. The van der Waals surface area contributed by atoms with Gasteiger partial charge in [-0.05, 0) is 12.5 Å². The van der Waals surface area contributed by atoms with E-state index in [0.717, 1.165) is 5.56 Å². The van der Waals surface area contributed by atoms with Gasteiger partial charge in [0.2, 0.25) is 5.91 Å². The number of carbonyl (C=O) groups is 2. The maximum atomic E-state index is 12.5. The SMILES string of the molecule is CNC(=O)NC(=O)[C@@H](c1ccccc1)N1CCO[C@H](C)C1. The molecule has 0 bridgehead atoms. The molecule has 2 N–H and O–H groups in total. The predicted octanol–water partition coefficient (Wildman–Crippen LogP) is 0.904. The van der Waals surface area contributed by atoms with Gasteiger partial charge in [-0.2, -0.15) is 0 Å². The third kappa shape index (κ3) is 4.03. The van der Waals surface area contributed by atoms with E-state index in [1.54, 1.807) is 0 Å². The van der Waals surface area contributed by atoms with Gasteiger partial charge < -0.3 is 10.1 Å². The highest BCUT2D eigenvalue weighted by Crippen LogP contribution is 2.23. The van der Waals surface area contributed by atoms with E-state index in [0.29, 0.717) is 19.7 Å². The Bertz CT molecular complexity index is 492. The summed E-state index contributed by atoms with van der Waals surface area (Å²) >= 11 is 0. The molecule has 1 fully saturated rings. The Morgan fingerprint density at radius 2 is 2.05 bits per heavy atom. The quantitative estimate of drug-likeness (QED) is 0.868. The minimum absolute atomic E-state index is 0.0674. The van der Waals surface area contributed by atoms with Crippen LogP contribution in [0.5, 0.6) is 0 Å². The molecule has 0 aromatic heterocycles. The van der Waals surface area contributed by atoms with Gasteiger partial charge in [0.05, 0.1) is 12.7 Å². The molecule has 1 heterocycles. The van der Waals surface area contributed by atoms with E-state index < -0.39 is 12.1 Å². The average molecular weight is 291 g/mol. The van der Waals surface area contributed by atoms with E-state index in [1.165, 1.54) is 7.05 Å². The van der Waals surface area contributed by atoms with E-state index in [9.17, 15) is 9.59 Å². The zero-order valence-electron chi connectivity index (χ0n) is 12.3. The molecule has 114 valence electrons. The molecule has 0 saturated carbocycles. The number of morpholine rings is 1. The Kier molecular flexibility index (Phi) is 5.30. The number of amides is 3. The van der Waals surface area contributed by atoms with Crippen molar-refractivity contribution in [3.63, 3.8) is 0 Å². The summed E-state index contributed by atoms with van der Waals surface area (Å²) in [5.41, 5.74) is 0.869. The lowest BCUT2D eigenvalue weighted by molar-refractivity contribution is -0.128. The number of imide groups is 1. The molecule has 6 nitrogen and oxygen atoms in total. The third-order valence-corrected chi connectivity index (χ3v) is 3.47. The molecule has 0 aliphatic carbocycles. The van der Waals surface area contributed by atoms with Gasteiger partial charge in [-0.1, -0.05) is 30.3 Å². The second-order valence-corrected chi connectivity index (χ2v) is 5.06. The van der Waals surface area contributed by atoms with Gasteiger partial charge in [0.15, 0.2) is 0 Å². The lowest BCUT2D eigenvalue weighted by Crippen LogP contribution is -2.50. The van der Waals surface area contributed by atoms with Crippen LogP contribution in [-0.4, -0.2) is 49.7 Å². The maximum Gasteiger partial charge on any atom is 0.321 e. The van der Waals surface area contributed by atoms with Gasteiger partial charge in [0.1, 0.15) is 6.04 Å². The fourth-order valence-corrected chi connectivity index (χ4v) is 2.49. The smallest absolute Gasteiger partial charge is 0.321 e. The van der Waals surface area contributed by atoms with E-state index >= 15 is 0 Å².